The number of sulfonamides is 1. The number of aryl methyl sites for hydroxylation is 3. The molecule has 2 rings (SSSR count). The molecule has 0 unspecified atom stereocenters. The molecule has 2 N–H and O–H groups in total. The second kappa shape index (κ2) is 10.1. The van der Waals surface area contributed by atoms with Crippen LogP contribution < -0.4 is 14.8 Å². The SMILES string of the molecule is COCCNS(=O)(=O)c1ccc(OCC(=O)Nc2c(C)cc(C)cc2C)c(Cl)c1. The van der Waals surface area contributed by atoms with E-state index in [0.29, 0.717) is 0 Å². The molecule has 0 aliphatic heterocycles. The molecule has 158 valence electrons. The first-order chi connectivity index (χ1) is 13.6. The smallest absolute Gasteiger partial charge is 0.262 e. The number of halogens is 1. The van der Waals surface area contributed by atoms with Crippen LogP contribution in [0.2, 0.25) is 5.02 Å². The summed E-state index contributed by atoms with van der Waals surface area (Å²) in [5.74, 6) is -0.121. The summed E-state index contributed by atoms with van der Waals surface area (Å²) in [4.78, 5) is 12.3. The molecule has 0 atom stereocenters. The van der Waals surface area contributed by atoms with Gasteiger partial charge in [-0.05, 0) is 50.1 Å². The van der Waals surface area contributed by atoms with Crippen LogP contribution in [-0.4, -0.2) is 41.2 Å². The van der Waals surface area contributed by atoms with Crippen LogP contribution in [0.25, 0.3) is 0 Å². The van der Waals surface area contributed by atoms with Crippen molar-refractivity contribution in [2.45, 2.75) is 25.7 Å². The van der Waals surface area contributed by atoms with E-state index in [0.717, 1.165) is 22.4 Å². The van der Waals surface area contributed by atoms with Gasteiger partial charge in [0.05, 0.1) is 16.5 Å². The summed E-state index contributed by atoms with van der Waals surface area (Å²) >= 11 is 6.13. The highest BCUT2D eigenvalue weighted by molar-refractivity contribution is 7.89. The molecule has 2 aromatic rings. The Balaban J connectivity index is 2.02. The number of methoxy groups -OCH3 is 1. The van der Waals surface area contributed by atoms with Crippen molar-refractivity contribution in [2.24, 2.45) is 0 Å². The van der Waals surface area contributed by atoms with Crippen LogP contribution in [0.5, 0.6) is 5.75 Å². The zero-order chi connectivity index (χ0) is 21.6. The minimum Gasteiger partial charge on any atom is -0.482 e. The normalized spacial score (nSPS) is 11.3. The van der Waals surface area contributed by atoms with Crippen molar-refractivity contribution in [1.82, 2.24) is 4.72 Å². The molecule has 0 aliphatic rings. The molecule has 0 saturated carbocycles. The minimum absolute atomic E-state index is 0.00121. The van der Waals surface area contributed by atoms with Crippen molar-refractivity contribution in [1.29, 1.82) is 0 Å². The van der Waals surface area contributed by atoms with Crippen molar-refractivity contribution >= 4 is 33.2 Å². The van der Waals surface area contributed by atoms with E-state index in [4.69, 9.17) is 21.1 Å². The standard InChI is InChI=1S/C20H25ClN2O5S/c1-13-9-14(2)20(15(3)10-13)23-19(24)12-28-18-6-5-16(11-17(18)21)29(25,26)22-7-8-27-4/h5-6,9-11,22H,7-8,12H2,1-4H3,(H,23,24). The molecule has 9 heteroatoms. The summed E-state index contributed by atoms with van der Waals surface area (Å²) in [6.45, 7) is 5.98. The monoisotopic (exact) mass is 440 g/mol. The van der Waals surface area contributed by atoms with E-state index in [9.17, 15) is 13.2 Å². The Morgan fingerprint density at radius 3 is 2.34 bits per heavy atom. The molecule has 0 bridgehead atoms. The third kappa shape index (κ3) is 6.43. The molecular formula is C20H25ClN2O5S. The van der Waals surface area contributed by atoms with Gasteiger partial charge in [0.25, 0.3) is 5.91 Å². The highest BCUT2D eigenvalue weighted by Crippen LogP contribution is 2.27. The highest BCUT2D eigenvalue weighted by atomic mass is 35.5. The minimum atomic E-state index is -3.71. The average Bonchev–Trinajstić information content (AvgIpc) is 2.63. The quantitative estimate of drug-likeness (QED) is 0.584. The topological polar surface area (TPSA) is 93.7 Å². The van der Waals surface area contributed by atoms with E-state index >= 15 is 0 Å². The van der Waals surface area contributed by atoms with Crippen molar-refractivity contribution in [3.8, 4) is 5.75 Å². The Morgan fingerprint density at radius 1 is 1.10 bits per heavy atom. The van der Waals surface area contributed by atoms with E-state index in [1.807, 2.05) is 32.9 Å². The molecule has 7 nitrogen and oxygen atoms in total. The summed E-state index contributed by atoms with van der Waals surface area (Å²) in [6, 6.07) is 8.03. The average molecular weight is 441 g/mol. The fraction of sp³-hybridized carbons (Fsp3) is 0.350. The Labute approximate surface area is 176 Å². The lowest BCUT2D eigenvalue weighted by molar-refractivity contribution is -0.118. The Kier molecular flexibility index (Phi) is 8.04. The highest BCUT2D eigenvalue weighted by Gasteiger charge is 2.16. The lowest BCUT2D eigenvalue weighted by Gasteiger charge is -2.14. The summed E-state index contributed by atoms with van der Waals surface area (Å²) in [6.07, 6.45) is 0. The Morgan fingerprint density at radius 2 is 1.76 bits per heavy atom. The molecule has 0 spiro atoms. The Hall–Kier alpha value is -2.13. The predicted octanol–water partition coefficient (Wildman–Crippen LogP) is 3.21. The van der Waals surface area contributed by atoms with Gasteiger partial charge >= 0.3 is 0 Å². The molecule has 0 aliphatic carbocycles. The van der Waals surface area contributed by atoms with Gasteiger partial charge in [0.2, 0.25) is 10.0 Å². The fourth-order valence-electron chi connectivity index (χ4n) is 2.82. The van der Waals surface area contributed by atoms with Crippen LogP contribution in [0.15, 0.2) is 35.2 Å². The van der Waals surface area contributed by atoms with Crippen LogP contribution in [-0.2, 0) is 19.6 Å². The third-order valence-electron chi connectivity index (χ3n) is 4.11. The van der Waals surface area contributed by atoms with Gasteiger partial charge in [-0.1, -0.05) is 29.3 Å². The Bertz CT molecular complexity index is 969. The molecule has 0 aromatic heterocycles. The van der Waals surface area contributed by atoms with E-state index in [2.05, 4.69) is 10.0 Å². The predicted molar refractivity (Wildman–Crippen MR) is 113 cm³/mol. The van der Waals surface area contributed by atoms with Crippen LogP contribution in [0.4, 0.5) is 5.69 Å². The molecule has 0 radical (unpaired) electrons. The third-order valence-corrected chi connectivity index (χ3v) is 5.87. The second-order valence-electron chi connectivity index (χ2n) is 6.59. The van der Waals surface area contributed by atoms with Crippen molar-refractivity contribution in [3.63, 3.8) is 0 Å². The van der Waals surface area contributed by atoms with Crippen molar-refractivity contribution < 1.29 is 22.7 Å². The van der Waals surface area contributed by atoms with Gasteiger partial charge in [-0.15, -0.1) is 0 Å². The lowest BCUT2D eigenvalue weighted by Crippen LogP contribution is -2.27. The molecule has 0 saturated heterocycles. The van der Waals surface area contributed by atoms with Gasteiger partial charge in [0.15, 0.2) is 6.61 Å². The van der Waals surface area contributed by atoms with Crippen molar-refractivity contribution in [2.75, 3.05) is 32.2 Å². The number of carbonyl (C=O) groups excluding carboxylic acids is 1. The van der Waals surface area contributed by atoms with Gasteiger partial charge in [0.1, 0.15) is 5.75 Å². The first-order valence-electron chi connectivity index (χ1n) is 8.92. The van der Waals surface area contributed by atoms with Gasteiger partial charge in [0, 0.05) is 19.3 Å². The van der Waals surface area contributed by atoms with E-state index in [1.165, 1.54) is 25.3 Å². The zero-order valence-corrected chi connectivity index (χ0v) is 18.4. The molecule has 29 heavy (non-hydrogen) atoms. The number of anilines is 1. The van der Waals surface area contributed by atoms with Crippen LogP contribution in [0.1, 0.15) is 16.7 Å². The maximum Gasteiger partial charge on any atom is 0.262 e. The lowest BCUT2D eigenvalue weighted by atomic mass is 10.1. The van der Waals surface area contributed by atoms with Gasteiger partial charge in [-0.3, -0.25) is 4.79 Å². The largest absolute Gasteiger partial charge is 0.482 e. The van der Waals surface area contributed by atoms with Gasteiger partial charge in [-0.25, -0.2) is 13.1 Å². The number of benzene rings is 2. The first kappa shape index (κ1) is 23.2. The molecular weight excluding hydrogens is 416 g/mol. The number of ether oxygens (including phenoxy) is 2. The zero-order valence-electron chi connectivity index (χ0n) is 16.8. The van der Waals surface area contributed by atoms with Gasteiger partial charge in [-0.2, -0.15) is 0 Å². The first-order valence-corrected chi connectivity index (χ1v) is 10.8. The number of amides is 1. The van der Waals surface area contributed by atoms with Crippen LogP contribution >= 0.6 is 11.6 Å². The van der Waals surface area contributed by atoms with E-state index in [1.54, 1.807) is 0 Å². The van der Waals surface area contributed by atoms with Crippen LogP contribution in [0, 0.1) is 20.8 Å². The molecule has 0 heterocycles. The summed E-state index contributed by atoms with van der Waals surface area (Å²) in [7, 11) is -2.23. The molecule has 2 aromatic carbocycles. The number of nitrogens with one attached hydrogen (secondary N) is 2. The van der Waals surface area contributed by atoms with Gasteiger partial charge < -0.3 is 14.8 Å². The van der Waals surface area contributed by atoms with Crippen molar-refractivity contribution in [3.05, 3.63) is 52.0 Å². The number of hydrogen-bond acceptors (Lipinski definition) is 5. The number of rotatable bonds is 9. The van der Waals surface area contributed by atoms with E-state index in [-0.39, 0.29) is 41.3 Å². The number of carbonyl (C=O) groups is 1. The maximum absolute atomic E-state index is 12.3. The summed E-state index contributed by atoms with van der Waals surface area (Å²) in [5.41, 5.74) is 3.79. The molecule has 0 fully saturated rings. The number of hydrogen-bond donors (Lipinski definition) is 2. The summed E-state index contributed by atoms with van der Waals surface area (Å²) in [5, 5.41) is 2.93. The second-order valence-corrected chi connectivity index (χ2v) is 8.77. The maximum atomic E-state index is 12.3. The molecule has 1 amide bonds. The summed E-state index contributed by atoms with van der Waals surface area (Å²) < 4.78 is 37.1. The van der Waals surface area contributed by atoms with Crippen LogP contribution in [0.3, 0.4) is 0 Å². The fourth-order valence-corrected chi connectivity index (χ4v) is 4.16. The van der Waals surface area contributed by atoms with E-state index < -0.39 is 10.0 Å².